The van der Waals surface area contributed by atoms with Gasteiger partial charge in [-0.25, -0.2) is 9.18 Å². The van der Waals surface area contributed by atoms with Crippen molar-refractivity contribution in [2.45, 2.75) is 19.9 Å². The van der Waals surface area contributed by atoms with Crippen molar-refractivity contribution in [3.8, 4) is 5.75 Å². The molecule has 1 N–H and O–H groups in total. The summed E-state index contributed by atoms with van der Waals surface area (Å²) in [6, 6.07) is 10.6. The number of nitrogens with one attached hydrogen (secondary N) is 1. The summed E-state index contributed by atoms with van der Waals surface area (Å²) in [7, 11) is 1.52. The molecule has 0 saturated heterocycles. The van der Waals surface area contributed by atoms with Crippen LogP contribution in [-0.4, -0.2) is 37.4 Å². The maximum atomic E-state index is 13.2. The van der Waals surface area contributed by atoms with Crippen LogP contribution in [0.1, 0.15) is 34.6 Å². The number of esters is 1. The minimum absolute atomic E-state index is 0.108. The molecule has 0 heterocycles. The highest BCUT2D eigenvalue weighted by Crippen LogP contribution is 2.13. The third kappa shape index (κ3) is 5.64. The lowest BCUT2D eigenvalue weighted by atomic mass is 10.0. The first-order valence-electron chi connectivity index (χ1n) is 8.72. The second-order valence-electron chi connectivity index (χ2n) is 6.46. The zero-order chi connectivity index (χ0) is 20.7. The Hall–Kier alpha value is -3.22. The summed E-state index contributed by atoms with van der Waals surface area (Å²) in [6.07, 6.45) is 0. The number of Topliss-reactive ketones (excluding diaryl/α,β-unsaturated/α-hetero) is 1. The molecule has 0 aromatic heterocycles. The Morgan fingerprint density at radius 2 is 1.71 bits per heavy atom. The van der Waals surface area contributed by atoms with E-state index in [0.717, 1.165) is 6.07 Å². The van der Waals surface area contributed by atoms with E-state index in [0.29, 0.717) is 11.3 Å². The minimum Gasteiger partial charge on any atom is -0.497 e. The lowest BCUT2D eigenvalue weighted by molar-refractivity contribution is -0.145. The number of rotatable bonds is 8. The van der Waals surface area contributed by atoms with E-state index in [1.54, 1.807) is 38.1 Å². The number of amides is 1. The third-order valence-corrected chi connectivity index (χ3v) is 4.05. The quantitative estimate of drug-likeness (QED) is 0.556. The van der Waals surface area contributed by atoms with E-state index in [1.165, 1.54) is 25.3 Å². The molecule has 2 rings (SSSR count). The molecule has 2 aromatic rings. The molecule has 0 unspecified atom stereocenters. The Morgan fingerprint density at radius 3 is 2.29 bits per heavy atom. The van der Waals surface area contributed by atoms with Crippen LogP contribution in [0.3, 0.4) is 0 Å². The fourth-order valence-corrected chi connectivity index (χ4v) is 2.44. The van der Waals surface area contributed by atoms with Gasteiger partial charge in [0.15, 0.2) is 12.4 Å². The molecule has 28 heavy (non-hydrogen) atoms. The van der Waals surface area contributed by atoms with Crippen molar-refractivity contribution in [1.29, 1.82) is 0 Å². The zero-order valence-corrected chi connectivity index (χ0v) is 15.9. The summed E-state index contributed by atoms with van der Waals surface area (Å²) in [5.74, 6) is -1.93. The van der Waals surface area contributed by atoms with Gasteiger partial charge in [-0.1, -0.05) is 26.0 Å². The predicted molar refractivity (Wildman–Crippen MR) is 101 cm³/mol. The van der Waals surface area contributed by atoms with Crippen LogP contribution in [0, 0.1) is 11.7 Å². The molecule has 1 atom stereocenters. The molecular formula is C21H22FNO5. The van der Waals surface area contributed by atoms with Crippen LogP contribution in [-0.2, 0) is 9.53 Å². The molecular weight excluding hydrogens is 365 g/mol. The summed E-state index contributed by atoms with van der Waals surface area (Å²) in [4.78, 5) is 36.8. The summed E-state index contributed by atoms with van der Waals surface area (Å²) >= 11 is 0. The van der Waals surface area contributed by atoms with Crippen LogP contribution in [0.15, 0.2) is 48.5 Å². The summed E-state index contributed by atoms with van der Waals surface area (Å²) in [5, 5.41) is 2.62. The van der Waals surface area contributed by atoms with E-state index in [9.17, 15) is 18.8 Å². The van der Waals surface area contributed by atoms with Crippen LogP contribution in [0.4, 0.5) is 4.39 Å². The van der Waals surface area contributed by atoms with Crippen molar-refractivity contribution in [2.24, 2.45) is 5.92 Å². The zero-order valence-electron chi connectivity index (χ0n) is 15.9. The average Bonchev–Trinajstić information content (AvgIpc) is 2.69. The second kappa shape index (κ2) is 9.64. The highest BCUT2D eigenvalue weighted by atomic mass is 19.1. The molecule has 148 valence electrons. The number of ether oxygens (including phenoxy) is 2. The van der Waals surface area contributed by atoms with Crippen molar-refractivity contribution >= 4 is 17.7 Å². The fraction of sp³-hybridized carbons (Fsp3) is 0.286. The van der Waals surface area contributed by atoms with Gasteiger partial charge in [-0.2, -0.15) is 0 Å². The molecule has 6 nitrogen and oxygen atoms in total. The van der Waals surface area contributed by atoms with Crippen LogP contribution >= 0.6 is 0 Å². The Kier molecular flexibility index (Phi) is 7.26. The number of hydrogen-bond acceptors (Lipinski definition) is 5. The fourth-order valence-electron chi connectivity index (χ4n) is 2.44. The molecule has 0 spiro atoms. The predicted octanol–water partition coefficient (Wildman–Crippen LogP) is 3.01. The number of carbonyl (C=O) groups excluding carboxylic acids is 3. The normalized spacial score (nSPS) is 11.6. The van der Waals surface area contributed by atoms with Gasteiger partial charge in [-0.05, 0) is 42.3 Å². The minimum atomic E-state index is -0.935. The topological polar surface area (TPSA) is 81.7 Å². The van der Waals surface area contributed by atoms with Gasteiger partial charge in [0.05, 0.1) is 7.11 Å². The Morgan fingerprint density at radius 1 is 1.04 bits per heavy atom. The first kappa shape index (κ1) is 21.1. The standard InChI is InChI=1S/C21H22FNO5/c1-13(2)19(23-20(25)14-7-9-17(27-3)10-8-14)21(26)28-12-18(24)15-5-4-6-16(22)11-15/h4-11,13,19H,12H2,1-3H3,(H,23,25)/t19-/m0/s1. The number of methoxy groups -OCH3 is 1. The Labute approximate surface area is 162 Å². The molecule has 0 radical (unpaired) electrons. The molecule has 0 bridgehead atoms. The number of hydrogen-bond donors (Lipinski definition) is 1. The molecule has 0 aliphatic rings. The van der Waals surface area contributed by atoms with Gasteiger partial charge in [0.1, 0.15) is 17.6 Å². The van der Waals surface area contributed by atoms with Crippen molar-refractivity contribution in [3.63, 3.8) is 0 Å². The number of benzene rings is 2. The largest absolute Gasteiger partial charge is 0.497 e. The molecule has 0 fully saturated rings. The van der Waals surface area contributed by atoms with Gasteiger partial charge in [0, 0.05) is 11.1 Å². The molecule has 0 aliphatic carbocycles. The van der Waals surface area contributed by atoms with E-state index in [-0.39, 0.29) is 11.5 Å². The van der Waals surface area contributed by atoms with Gasteiger partial charge in [0.2, 0.25) is 0 Å². The van der Waals surface area contributed by atoms with E-state index >= 15 is 0 Å². The van der Waals surface area contributed by atoms with Gasteiger partial charge in [0.25, 0.3) is 5.91 Å². The smallest absolute Gasteiger partial charge is 0.329 e. The highest BCUT2D eigenvalue weighted by Gasteiger charge is 2.27. The van der Waals surface area contributed by atoms with Crippen LogP contribution < -0.4 is 10.1 Å². The number of ketones is 1. The maximum absolute atomic E-state index is 13.2. The van der Waals surface area contributed by atoms with Crippen LogP contribution in [0.2, 0.25) is 0 Å². The molecule has 0 aliphatic heterocycles. The van der Waals surface area contributed by atoms with Crippen LogP contribution in [0.5, 0.6) is 5.75 Å². The van der Waals surface area contributed by atoms with Crippen molar-refractivity contribution in [3.05, 3.63) is 65.5 Å². The van der Waals surface area contributed by atoms with Gasteiger partial charge in [-0.15, -0.1) is 0 Å². The molecule has 7 heteroatoms. The lowest BCUT2D eigenvalue weighted by Crippen LogP contribution is -2.45. The summed E-state index contributed by atoms with van der Waals surface area (Å²) in [6.45, 7) is 2.95. The van der Waals surface area contributed by atoms with Crippen LogP contribution in [0.25, 0.3) is 0 Å². The molecule has 0 saturated carbocycles. The van der Waals surface area contributed by atoms with Gasteiger partial charge < -0.3 is 14.8 Å². The van der Waals surface area contributed by atoms with Gasteiger partial charge >= 0.3 is 5.97 Å². The van der Waals surface area contributed by atoms with E-state index in [2.05, 4.69) is 5.32 Å². The molecule has 1 amide bonds. The lowest BCUT2D eigenvalue weighted by Gasteiger charge is -2.20. The second-order valence-corrected chi connectivity index (χ2v) is 6.46. The average molecular weight is 387 g/mol. The van der Waals surface area contributed by atoms with Crippen molar-refractivity contribution in [2.75, 3.05) is 13.7 Å². The number of carbonyl (C=O) groups is 3. The highest BCUT2D eigenvalue weighted by molar-refractivity contribution is 5.99. The molecule has 2 aromatic carbocycles. The van der Waals surface area contributed by atoms with Crippen molar-refractivity contribution in [1.82, 2.24) is 5.32 Å². The first-order chi connectivity index (χ1) is 13.3. The van der Waals surface area contributed by atoms with Gasteiger partial charge in [-0.3, -0.25) is 9.59 Å². The number of halogens is 1. The Balaban J connectivity index is 1.99. The summed E-state index contributed by atoms with van der Waals surface area (Å²) in [5.41, 5.74) is 0.464. The first-order valence-corrected chi connectivity index (χ1v) is 8.72. The Bertz CT molecular complexity index is 848. The SMILES string of the molecule is COc1ccc(C(=O)N[C@H](C(=O)OCC(=O)c2cccc(F)c2)C(C)C)cc1. The monoisotopic (exact) mass is 387 g/mol. The van der Waals surface area contributed by atoms with Crippen molar-refractivity contribution < 1.29 is 28.2 Å². The van der Waals surface area contributed by atoms with E-state index < -0.39 is 36.1 Å². The van der Waals surface area contributed by atoms with E-state index in [4.69, 9.17) is 9.47 Å². The summed E-state index contributed by atoms with van der Waals surface area (Å²) < 4.78 is 23.3. The maximum Gasteiger partial charge on any atom is 0.329 e. The third-order valence-electron chi connectivity index (χ3n) is 4.05. The van der Waals surface area contributed by atoms with E-state index in [1.807, 2.05) is 0 Å².